The summed E-state index contributed by atoms with van der Waals surface area (Å²) in [6.45, 7) is 8.69. The minimum Gasteiger partial charge on any atom is -0.426 e. The Kier molecular flexibility index (Phi) is 9.88. The first-order valence-electron chi connectivity index (χ1n) is 9.86. The summed E-state index contributed by atoms with van der Waals surface area (Å²) >= 11 is 0. The molecule has 2 aromatic carbocycles. The van der Waals surface area contributed by atoms with Gasteiger partial charge in [0.15, 0.2) is 0 Å². The van der Waals surface area contributed by atoms with Crippen molar-refractivity contribution in [3.63, 3.8) is 0 Å². The van der Waals surface area contributed by atoms with E-state index in [2.05, 4.69) is 43.3 Å². The number of rotatable bonds is 3. The van der Waals surface area contributed by atoms with E-state index in [4.69, 9.17) is 4.74 Å². The van der Waals surface area contributed by atoms with Crippen molar-refractivity contribution in [2.45, 2.75) is 53.4 Å². The van der Waals surface area contributed by atoms with Crippen LogP contribution in [0.4, 0.5) is 5.69 Å². The van der Waals surface area contributed by atoms with Crippen molar-refractivity contribution in [1.82, 2.24) is 0 Å². The average molecular weight is 380 g/mol. The van der Waals surface area contributed by atoms with Crippen LogP contribution in [0.15, 0.2) is 48.5 Å². The fraction of sp³-hybridized carbons (Fsp3) is 0.400. The number of esters is 1. The van der Waals surface area contributed by atoms with Gasteiger partial charge < -0.3 is 10.1 Å². The van der Waals surface area contributed by atoms with E-state index in [-0.39, 0.29) is 5.97 Å². The third kappa shape index (κ3) is 7.88. The summed E-state index contributed by atoms with van der Waals surface area (Å²) in [6, 6.07) is 16.2. The first kappa shape index (κ1) is 23.3. The molecule has 0 heterocycles. The third-order valence-corrected chi connectivity index (χ3v) is 4.30. The van der Waals surface area contributed by atoms with E-state index in [1.54, 1.807) is 0 Å². The van der Waals surface area contributed by atoms with Crippen LogP contribution < -0.4 is 10.1 Å². The van der Waals surface area contributed by atoms with Crippen molar-refractivity contribution in [1.29, 1.82) is 0 Å². The van der Waals surface area contributed by atoms with Crippen LogP contribution in [0.2, 0.25) is 0 Å². The summed E-state index contributed by atoms with van der Waals surface area (Å²) in [5, 5.41) is 3.21. The zero-order chi connectivity index (χ0) is 21.0. The van der Waals surface area contributed by atoms with Crippen molar-refractivity contribution in [2.24, 2.45) is 5.41 Å². The van der Waals surface area contributed by atoms with Crippen molar-refractivity contribution in [2.75, 3.05) is 11.9 Å². The predicted octanol–water partition coefficient (Wildman–Crippen LogP) is 5.88. The smallest absolute Gasteiger partial charge is 0.316 e. The van der Waals surface area contributed by atoms with E-state index in [1.807, 2.05) is 51.1 Å². The molecule has 0 bridgehead atoms. The quantitative estimate of drug-likeness (QED) is 0.411. The lowest BCUT2D eigenvalue weighted by molar-refractivity contribution is -0.143. The molecule has 0 spiro atoms. The van der Waals surface area contributed by atoms with Crippen LogP contribution in [0.1, 0.15) is 51.7 Å². The Morgan fingerprint density at radius 3 is 2.18 bits per heavy atom. The molecule has 1 N–H and O–H groups in total. The highest BCUT2D eigenvalue weighted by molar-refractivity contribution is 5.77. The molecule has 0 amide bonds. The molecule has 1 aliphatic rings. The SMILES string of the molecule is C#C.CC(C)(C)C(=O)Oc1ccc2c(c1)CCCC2.CCNc1ccccc1. The molecule has 0 aromatic heterocycles. The van der Waals surface area contributed by atoms with E-state index in [0.29, 0.717) is 5.75 Å². The lowest BCUT2D eigenvalue weighted by atomic mass is 9.91. The maximum atomic E-state index is 11.8. The largest absolute Gasteiger partial charge is 0.426 e. The molecule has 150 valence electrons. The minimum atomic E-state index is -0.449. The molecule has 1 aliphatic carbocycles. The Morgan fingerprint density at radius 2 is 1.61 bits per heavy atom. The van der Waals surface area contributed by atoms with E-state index in [9.17, 15) is 4.79 Å². The van der Waals surface area contributed by atoms with Crippen LogP contribution in [0.3, 0.4) is 0 Å². The van der Waals surface area contributed by atoms with E-state index in [0.717, 1.165) is 19.4 Å². The molecule has 2 aromatic rings. The summed E-state index contributed by atoms with van der Waals surface area (Å²) in [5.74, 6) is 0.513. The van der Waals surface area contributed by atoms with Crippen LogP contribution in [0.5, 0.6) is 5.75 Å². The molecule has 0 fully saturated rings. The number of para-hydroxylation sites is 1. The summed E-state index contributed by atoms with van der Waals surface area (Å²) in [6.07, 6.45) is 12.8. The third-order valence-electron chi connectivity index (χ3n) is 4.30. The predicted molar refractivity (Wildman–Crippen MR) is 119 cm³/mol. The van der Waals surface area contributed by atoms with Crippen LogP contribution in [0, 0.1) is 18.3 Å². The Balaban J connectivity index is 0.000000301. The Morgan fingerprint density at radius 1 is 1.00 bits per heavy atom. The van der Waals surface area contributed by atoms with Gasteiger partial charge in [-0.1, -0.05) is 24.3 Å². The normalized spacial score (nSPS) is 12.2. The zero-order valence-corrected chi connectivity index (χ0v) is 17.6. The molecule has 28 heavy (non-hydrogen) atoms. The maximum absolute atomic E-state index is 11.8. The highest BCUT2D eigenvalue weighted by atomic mass is 16.5. The van der Waals surface area contributed by atoms with Crippen molar-refractivity contribution >= 4 is 11.7 Å². The number of anilines is 1. The van der Waals surface area contributed by atoms with Gasteiger partial charge in [0.05, 0.1) is 5.41 Å². The van der Waals surface area contributed by atoms with Gasteiger partial charge in [-0.25, -0.2) is 0 Å². The fourth-order valence-electron chi connectivity index (χ4n) is 2.79. The average Bonchev–Trinajstić information content (AvgIpc) is 2.70. The second-order valence-electron chi connectivity index (χ2n) is 7.67. The molecule has 0 aliphatic heterocycles. The first-order valence-corrected chi connectivity index (χ1v) is 9.86. The first-order chi connectivity index (χ1) is 13.4. The molecular formula is C25H33NO2. The minimum absolute atomic E-state index is 0.173. The molecule has 3 heteroatoms. The number of carbonyl (C=O) groups excluding carboxylic acids is 1. The summed E-state index contributed by atoms with van der Waals surface area (Å²) in [4.78, 5) is 11.8. The van der Waals surface area contributed by atoms with Crippen molar-refractivity contribution < 1.29 is 9.53 Å². The lowest BCUT2D eigenvalue weighted by Crippen LogP contribution is -2.25. The lowest BCUT2D eigenvalue weighted by Gasteiger charge is -2.19. The van der Waals surface area contributed by atoms with Gasteiger partial charge >= 0.3 is 5.97 Å². The molecule has 0 atom stereocenters. The Bertz CT molecular complexity index is 742. The van der Waals surface area contributed by atoms with Gasteiger partial charge in [0.25, 0.3) is 0 Å². The van der Waals surface area contributed by atoms with Gasteiger partial charge in [-0.15, -0.1) is 12.8 Å². The Labute approximate surface area is 170 Å². The number of carbonyl (C=O) groups is 1. The van der Waals surface area contributed by atoms with E-state index in [1.165, 1.54) is 29.7 Å². The second kappa shape index (κ2) is 11.9. The van der Waals surface area contributed by atoms with Crippen molar-refractivity contribution in [3.05, 3.63) is 59.7 Å². The number of hydrogen-bond donors (Lipinski definition) is 1. The number of nitrogens with one attached hydrogen (secondary N) is 1. The molecule has 0 radical (unpaired) electrons. The molecule has 3 nitrogen and oxygen atoms in total. The highest BCUT2D eigenvalue weighted by Crippen LogP contribution is 2.26. The van der Waals surface area contributed by atoms with Crippen LogP contribution in [-0.4, -0.2) is 12.5 Å². The number of fused-ring (bicyclic) bond motifs is 1. The zero-order valence-electron chi connectivity index (χ0n) is 17.6. The van der Waals surface area contributed by atoms with Crippen LogP contribution in [0.25, 0.3) is 0 Å². The van der Waals surface area contributed by atoms with E-state index < -0.39 is 5.41 Å². The summed E-state index contributed by atoms with van der Waals surface area (Å²) in [7, 11) is 0. The van der Waals surface area contributed by atoms with Gasteiger partial charge in [-0.2, -0.15) is 0 Å². The standard InChI is InChI=1S/C15H20O2.C8H11N.C2H2/c1-15(2,3)14(16)17-13-9-8-11-6-4-5-7-12(11)10-13;1-2-9-8-6-4-3-5-7-8;1-2/h8-10H,4-7H2,1-3H3;3-7,9H,2H2,1H3;1-2H. The second-order valence-corrected chi connectivity index (χ2v) is 7.67. The van der Waals surface area contributed by atoms with Crippen molar-refractivity contribution in [3.8, 4) is 18.6 Å². The number of benzene rings is 2. The highest BCUT2D eigenvalue weighted by Gasteiger charge is 2.24. The number of hydrogen-bond acceptors (Lipinski definition) is 3. The van der Waals surface area contributed by atoms with Gasteiger partial charge in [0, 0.05) is 12.2 Å². The van der Waals surface area contributed by atoms with E-state index >= 15 is 0 Å². The van der Waals surface area contributed by atoms with Crippen LogP contribution >= 0.6 is 0 Å². The van der Waals surface area contributed by atoms with Crippen LogP contribution in [-0.2, 0) is 17.6 Å². The monoisotopic (exact) mass is 379 g/mol. The number of terminal acetylenes is 1. The molecule has 0 saturated heterocycles. The van der Waals surface area contributed by atoms with Gasteiger partial charge in [-0.05, 0) is 88.8 Å². The molecular weight excluding hydrogens is 346 g/mol. The number of ether oxygens (including phenoxy) is 1. The summed E-state index contributed by atoms with van der Waals surface area (Å²) < 4.78 is 5.41. The maximum Gasteiger partial charge on any atom is 0.316 e. The Hall–Kier alpha value is -2.73. The molecule has 0 saturated carbocycles. The van der Waals surface area contributed by atoms with Gasteiger partial charge in [0.1, 0.15) is 5.75 Å². The fourth-order valence-corrected chi connectivity index (χ4v) is 2.79. The summed E-state index contributed by atoms with van der Waals surface area (Å²) in [5.41, 5.74) is 3.50. The van der Waals surface area contributed by atoms with Gasteiger partial charge in [-0.3, -0.25) is 4.79 Å². The molecule has 0 unspecified atom stereocenters. The topological polar surface area (TPSA) is 38.3 Å². The van der Waals surface area contributed by atoms with Gasteiger partial charge in [0.2, 0.25) is 0 Å². The molecule has 3 rings (SSSR count). The number of aryl methyl sites for hydroxylation is 2.